The molecule has 2 N–H and O–H groups in total. The van der Waals surface area contributed by atoms with E-state index in [-0.39, 0.29) is 11.8 Å². The van der Waals surface area contributed by atoms with Crippen molar-refractivity contribution < 1.29 is 9.59 Å². The molecule has 1 aliphatic heterocycles. The van der Waals surface area contributed by atoms with Gasteiger partial charge >= 0.3 is 0 Å². The molecule has 0 unspecified atom stereocenters. The lowest BCUT2D eigenvalue weighted by atomic mass is 10.1. The van der Waals surface area contributed by atoms with Gasteiger partial charge in [0, 0.05) is 21.5 Å². The molecule has 1 fully saturated rings. The summed E-state index contributed by atoms with van der Waals surface area (Å²) in [5.74, 6) is -0.292. The second kappa shape index (κ2) is 6.58. The molecule has 0 saturated heterocycles. The predicted molar refractivity (Wildman–Crippen MR) is 101 cm³/mol. The lowest BCUT2D eigenvalue weighted by Gasteiger charge is -2.19. The molecule has 25 heavy (non-hydrogen) atoms. The van der Waals surface area contributed by atoms with Gasteiger partial charge in [0.05, 0.1) is 10.6 Å². The lowest BCUT2D eigenvalue weighted by molar-refractivity contribution is -0.112. The van der Waals surface area contributed by atoms with Crippen LogP contribution in [0, 0.1) is 0 Å². The molecule has 2 aromatic carbocycles. The number of carbonyl (C=O) groups excluding carboxylic acids is 2. The van der Waals surface area contributed by atoms with Gasteiger partial charge in [0.2, 0.25) is 0 Å². The molecule has 0 spiro atoms. The first-order chi connectivity index (χ1) is 12.1. The van der Waals surface area contributed by atoms with Crippen LogP contribution in [0.5, 0.6) is 0 Å². The zero-order chi connectivity index (χ0) is 17.4. The van der Waals surface area contributed by atoms with Crippen LogP contribution in [0.3, 0.4) is 0 Å². The van der Waals surface area contributed by atoms with E-state index < -0.39 is 0 Å². The van der Waals surface area contributed by atoms with Crippen molar-refractivity contribution in [2.75, 3.05) is 5.32 Å². The molecular weight excluding hydrogens is 356 g/mol. The Morgan fingerprint density at radius 3 is 2.80 bits per heavy atom. The summed E-state index contributed by atoms with van der Waals surface area (Å²) in [7, 11) is 0. The predicted octanol–water partition coefficient (Wildman–Crippen LogP) is 4.32. The normalized spacial score (nSPS) is 17.8. The molecule has 2 amide bonds. The first-order valence-corrected chi connectivity index (χ1v) is 9.20. The van der Waals surface area contributed by atoms with Crippen LogP contribution in [0.1, 0.15) is 28.8 Å². The number of amides is 2. The molecule has 0 bridgehead atoms. The first kappa shape index (κ1) is 16.2. The highest BCUT2D eigenvalue weighted by Gasteiger charge is 2.26. The second-order valence-corrected chi connectivity index (χ2v) is 7.54. The van der Waals surface area contributed by atoms with Crippen LogP contribution in [-0.2, 0) is 4.79 Å². The summed E-state index contributed by atoms with van der Waals surface area (Å²) < 4.78 is 0. The van der Waals surface area contributed by atoms with Gasteiger partial charge < -0.3 is 10.6 Å². The smallest absolute Gasteiger partial charge is 0.262 e. The first-order valence-electron chi connectivity index (χ1n) is 8.00. The van der Waals surface area contributed by atoms with E-state index in [1.165, 1.54) is 11.8 Å². The van der Waals surface area contributed by atoms with Crippen molar-refractivity contribution in [3.8, 4) is 0 Å². The highest BCUT2D eigenvalue weighted by molar-refractivity contribution is 8.04. The Labute approximate surface area is 154 Å². The molecule has 6 heteroatoms. The molecular formula is C19H15ClN2O2S. The number of halogens is 1. The zero-order valence-corrected chi connectivity index (χ0v) is 14.8. The Morgan fingerprint density at radius 1 is 1.24 bits per heavy atom. The van der Waals surface area contributed by atoms with Crippen LogP contribution in [0.2, 0.25) is 5.02 Å². The Bertz CT molecular complexity index is 906. The summed E-state index contributed by atoms with van der Waals surface area (Å²) in [4.78, 5) is 26.0. The summed E-state index contributed by atoms with van der Waals surface area (Å²) in [6.07, 6.45) is 3.86. The van der Waals surface area contributed by atoms with Gasteiger partial charge in [-0.05, 0) is 48.7 Å². The van der Waals surface area contributed by atoms with Crippen molar-refractivity contribution in [2.45, 2.75) is 23.8 Å². The van der Waals surface area contributed by atoms with Crippen LogP contribution in [-0.4, -0.2) is 17.9 Å². The SMILES string of the molecule is O=C1Nc2cc(C(=O)NC3CC3)ccc2S/C1=C/c1ccccc1Cl. The fourth-order valence-electron chi connectivity index (χ4n) is 2.53. The largest absolute Gasteiger partial charge is 0.349 e. The van der Waals surface area contributed by atoms with E-state index in [1.807, 2.05) is 24.3 Å². The molecule has 0 radical (unpaired) electrons. The van der Waals surface area contributed by atoms with Crippen molar-refractivity contribution in [2.24, 2.45) is 0 Å². The number of thioether (sulfide) groups is 1. The fourth-order valence-corrected chi connectivity index (χ4v) is 3.64. The molecule has 2 aliphatic rings. The number of benzene rings is 2. The van der Waals surface area contributed by atoms with Crippen LogP contribution in [0.15, 0.2) is 52.3 Å². The van der Waals surface area contributed by atoms with E-state index in [0.717, 1.165) is 23.3 Å². The number of rotatable bonds is 3. The highest BCUT2D eigenvalue weighted by Crippen LogP contribution is 2.39. The molecule has 0 aromatic heterocycles. The molecule has 1 heterocycles. The summed E-state index contributed by atoms with van der Waals surface area (Å²) in [5, 5.41) is 6.41. The van der Waals surface area contributed by atoms with E-state index in [1.54, 1.807) is 24.3 Å². The third-order valence-electron chi connectivity index (χ3n) is 4.04. The van der Waals surface area contributed by atoms with E-state index in [4.69, 9.17) is 11.6 Å². The number of fused-ring (bicyclic) bond motifs is 1. The van der Waals surface area contributed by atoms with Crippen molar-refractivity contribution in [1.82, 2.24) is 5.32 Å². The van der Waals surface area contributed by atoms with Gasteiger partial charge in [0.1, 0.15) is 0 Å². The van der Waals surface area contributed by atoms with Crippen LogP contribution in [0.4, 0.5) is 5.69 Å². The zero-order valence-electron chi connectivity index (χ0n) is 13.2. The Balaban J connectivity index is 1.59. The van der Waals surface area contributed by atoms with Crippen molar-refractivity contribution in [3.05, 3.63) is 63.5 Å². The van der Waals surface area contributed by atoms with E-state index in [9.17, 15) is 9.59 Å². The summed E-state index contributed by atoms with van der Waals surface area (Å²) in [6, 6.07) is 13.1. The maximum atomic E-state index is 12.4. The van der Waals surface area contributed by atoms with Crippen LogP contribution >= 0.6 is 23.4 Å². The van der Waals surface area contributed by atoms with Gasteiger partial charge in [0.25, 0.3) is 11.8 Å². The van der Waals surface area contributed by atoms with Crippen molar-refractivity contribution in [1.29, 1.82) is 0 Å². The van der Waals surface area contributed by atoms with E-state index >= 15 is 0 Å². The number of carbonyl (C=O) groups is 2. The second-order valence-electron chi connectivity index (χ2n) is 6.04. The molecule has 1 saturated carbocycles. The molecule has 4 rings (SSSR count). The third-order valence-corrected chi connectivity index (χ3v) is 5.48. The Hall–Kier alpha value is -2.24. The average Bonchev–Trinajstić information content (AvgIpc) is 3.41. The molecule has 126 valence electrons. The van der Waals surface area contributed by atoms with E-state index in [2.05, 4.69) is 10.6 Å². The summed E-state index contributed by atoms with van der Waals surface area (Å²) in [5.41, 5.74) is 2.02. The molecule has 4 nitrogen and oxygen atoms in total. The molecule has 2 aromatic rings. The number of nitrogens with one attached hydrogen (secondary N) is 2. The summed E-state index contributed by atoms with van der Waals surface area (Å²) in [6.45, 7) is 0. The van der Waals surface area contributed by atoms with Gasteiger partial charge in [0.15, 0.2) is 0 Å². The summed E-state index contributed by atoms with van der Waals surface area (Å²) >= 11 is 7.54. The monoisotopic (exact) mass is 370 g/mol. The van der Waals surface area contributed by atoms with Gasteiger partial charge in [-0.1, -0.05) is 41.6 Å². The minimum absolute atomic E-state index is 0.0954. The average molecular weight is 371 g/mol. The van der Waals surface area contributed by atoms with Crippen LogP contribution in [0.25, 0.3) is 6.08 Å². The Kier molecular flexibility index (Phi) is 4.27. The minimum atomic E-state index is -0.197. The maximum Gasteiger partial charge on any atom is 0.262 e. The topological polar surface area (TPSA) is 58.2 Å². The minimum Gasteiger partial charge on any atom is -0.349 e. The molecule has 1 aliphatic carbocycles. The highest BCUT2D eigenvalue weighted by atomic mass is 35.5. The number of anilines is 1. The van der Waals surface area contributed by atoms with Gasteiger partial charge in [-0.15, -0.1) is 0 Å². The Morgan fingerprint density at radius 2 is 2.04 bits per heavy atom. The fraction of sp³-hybridized carbons (Fsp3) is 0.158. The quantitative estimate of drug-likeness (QED) is 0.791. The van der Waals surface area contributed by atoms with Gasteiger partial charge in [-0.2, -0.15) is 0 Å². The third kappa shape index (κ3) is 3.57. The van der Waals surface area contributed by atoms with Gasteiger partial charge in [-0.3, -0.25) is 9.59 Å². The molecule has 0 atom stereocenters. The maximum absolute atomic E-state index is 12.4. The lowest BCUT2D eigenvalue weighted by Crippen LogP contribution is -2.26. The number of hydrogen-bond donors (Lipinski definition) is 2. The standard InChI is InChI=1S/C19H15ClN2O2S/c20-14-4-2-1-3-11(14)10-17-19(24)22-15-9-12(5-8-16(15)25-17)18(23)21-13-6-7-13/h1-5,8-10,13H,6-7H2,(H,21,23)(H,22,24)/b17-10+. The van der Waals surface area contributed by atoms with Crippen LogP contribution < -0.4 is 10.6 Å². The van der Waals surface area contributed by atoms with E-state index in [0.29, 0.717) is 27.2 Å². The van der Waals surface area contributed by atoms with Gasteiger partial charge in [-0.25, -0.2) is 0 Å². The van der Waals surface area contributed by atoms with Crippen molar-refractivity contribution in [3.63, 3.8) is 0 Å². The van der Waals surface area contributed by atoms with Crippen molar-refractivity contribution >= 4 is 46.9 Å². The number of hydrogen-bond acceptors (Lipinski definition) is 3.